The van der Waals surface area contributed by atoms with Gasteiger partial charge < -0.3 is 10.1 Å². The van der Waals surface area contributed by atoms with Crippen LogP contribution in [0.3, 0.4) is 0 Å². The number of hydrogen-bond acceptors (Lipinski definition) is 3. The van der Waals surface area contributed by atoms with Crippen molar-refractivity contribution >= 4 is 0 Å². The van der Waals surface area contributed by atoms with Crippen LogP contribution in [0.25, 0.3) is 0 Å². The number of benzene rings is 1. The molecule has 112 valence electrons. The molecule has 1 N–H and O–H groups in total. The maximum Gasteiger partial charge on any atom is 0.127 e. The highest BCUT2D eigenvalue weighted by molar-refractivity contribution is 5.48. The molecule has 1 aromatic heterocycles. The lowest BCUT2D eigenvalue weighted by molar-refractivity contribution is 0.399. The molecule has 3 heteroatoms. The van der Waals surface area contributed by atoms with Gasteiger partial charge in [-0.2, -0.15) is 0 Å². The fourth-order valence-electron chi connectivity index (χ4n) is 2.52. The second kappa shape index (κ2) is 7.23. The topological polar surface area (TPSA) is 34.2 Å². The van der Waals surface area contributed by atoms with Gasteiger partial charge in [0.05, 0.1) is 18.8 Å². The van der Waals surface area contributed by atoms with E-state index in [9.17, 15) is 0 Å². The maximum absolute atomic E-state index is 5.67. The van der Waals surface area contributed by atoms with Crippen molar-refractivity contribution in [1.82, 2.24) is 10.3 Å². The minimum Gasteiger partial charge on any atom is -0.496 e. The largest absolute Gasteiger partial charge is 0.496 e. The van der Waals surface area contributed by atoms with Crippen molar-refractivity contribution in [2.24, 2.45) is 0 Å². The summed E-state index contributed by atoms with van der Waals surface area (Å²) in [5.74, 6) is 0.953. The zero-order valence-corrected chi connectivity index (χ0v) is 13.3. The molecular formula is C18H24N2O. The van der Waals surface area contributed by atoms with Gasteiger partial charge in [0.2, 0.25) is 0 Å². The highest BCUT2D eigenvalue weighted by Gasteiger charge is 2.20. The number of hydrogen-bond donors (Lipinski definition) is 1. The Morgan fingerprint density at radius 2 is 2.00 bits per heavy atom. The van der Waals surface area contributed by atoms with Gasteiger partial charge >= 0.3 is 0 Å². The lowest BCUT2D eigenvalue weighted by Gasteiger charge is -2.22. The minimum atomic E-state index is 0.0559. The first kappa shape index (κ1) is 15.5. The second-order valence-electron chi connectivity index (χ2n) is 5.27. The molecule has 0 radical (unpaired) electrons. The molecule has 0 fully saturated rings. The summed E-state index contributed by atoms with van der Waals surface area (Å²) in [6.45, 7) is 7.32. The fraction of sp³-hybridized carbons (Fsp3) is 0.389. The Bertz CT molecular complexity index is 581. The summed E-state index contributed by atoms with van der Waals surface area (Å²) in [5.41, 5.74) is 4.60. The van der Waals surface area contributed by atoms with Gasteiger partial charge in [-0.3, -0.25) is 4.98 Å². The number of pyridine rings is 1. The van der Waals surface area contributed by atoms with Gasteiger partial charge in [-0.15, -0.1) is 0 Å². The van der Waals surface area contributed by atoms with Crippen LogP contribution >= 0.6 is 0 Å². The van der Waals surface area contributed by atoms with Crippen LogP contribution in [-0.4, -0.2) is 18.6 Å². The zero-order chi connectivity index (χ0) is 15.2. The van der Waals surface area contributed by atoms with Crippen molar-refractivity contribution in [3.63, 3.8) is 0 Å². The highest BCUT2D eigenvalue weighted by Crippen LogP contribution is 2.33. The van der Waals surface area contributed by atoms with Crippen LogP contribution in [0, 0.1) is 13.8 Å². The van der Waals surface area contributed by atoms with E-state index in [0.29, 0.717) is 0 Å². The van der Waals surface area contributed by atoms with E-state index < -0.39 is 0 Å². The molecule has 2 aromatic rings. The van der Waals surface area contributed by atoms with Crippen LogP contribution in [0.5, 0.6) is 5.75 Å². The summed E-state index contributed by atoms with van der Waals surface area (Å²) >= 11 is 0. The van der Waals surface area contributed by atoms with E-state index in [1.807, 2.05) is 18.3 Å². The van der Waals surface area contributed by atoms with Crippen molar-refractivity contribution in [1.29, 1.82) is 0 Å². The molecule has 1 aromatic carbocycles. The average molecular weight is 284 g/mol. The Balaban J connectivity index is 2.49. The summed E-state index contributed by atoms with van der Waals surface area (Å²) < 4.78 is 5.67. The Morgan fingerprint density at radius 1 is 1.19 bits per heavy atom. The van der Waals surface area contributed by atoms with E-state index in [-0.39, 0.29) is 6.04 Å². The molecule has 2 rings (SSSR count). The normalized spacial score (nSPS) is 12.2. The average Bonchev–Trinajstić information content (AvgIpc) is 2.52. The fourth-order valence-corrected chi connectivity index (χ4v) is 2.52. The molecular weight excluding hydrogens is 260 g/mol. The van der Waals surface area contributed by atoms with Gasteiger partial charge in [0.1, 0.15) is 5.75 Å². The smallest absolute Gasteiger partial charge is 0.127 e. The molecule has 0 bridgehead atoms. The Hall–Kier alpha value is -1.87. The molecule has 0 amide bonds. The quantitative estimate of drug-likeness (QED) is 0.876. The molecule has 0 saturated carbocycles. The van der Waals surface area contributed by atoms with E-state index in [0.717, 1.165) is 30.0 Å². The van der Waals surface area contributed by atoms with E-state index in [1.54, 1.807) is 7.11 Å². The van der Waals surface area contributed by atoms with Crippen molar-refractivity contribution in [3.8, 4) is 5.75 Å². The van der Waals surface area contributed by atoms with Gasteiger partial charge in [-0.1, -0.05) is 25.1 Å². The molecule has 21 heavy (non-hydrogen) atoms. The Labute approximate surface area is 127 Å². The van der Waals surface area contributed by atoms with E-state index in [1.165, 1.54) is 11.1 Å². The van der Waals surface area contributed by atoms with Crippen LogP contribution in [0.4, 0.5) is 0 Å². The van der Waals surface area contributed by atoms with Crippen LogP contribution in [-0.2, 0) is 0 Å². The van der Waals surface area contributed by atoms with Crippen LogP contribution < -0.4 is 10.1 Å². The minimum absolute atomic E-state index is 0.0559. The van der Waals surface area contributed by atoms with E-state index >= 15 is 0 Å². The lowest BCUT2D eigenvalue weighted by Crippen LogP contribution is -2.24. The lowest BCUT2D eigenvalue weighted by atomic mass is 9.96. The second-order valence-corrected chi connectivity index (χ2v) is 5.27. The maximum atomic E-state index is 5.67. The molecule has 0 aliphatic heterocycles. The molecule has 0 spiro atoms. The predicted molar refractivity (Wildman–Crippen MR) is 86.8 cm³/mol. The van der Waals surface area contributed by atoms with Crippen molar-refractivity contribution in [2.75, 3.05) is 13.7 Å². The third kappa shape index (κ3) is 3.42. The molecule has 0 aliphatic rings. The van der Waals surface area contributed by atoms with Crippen LogP contribution in [0.2, 0.25) is 0 Å². The Morgan fingerprint density at radius 3 is 2.62 bits per heavy atom. The summed E-state index contributed by atoms with van der Waals surface area (Å²) in [6.07, 6.45) is 2.92. The first-order chi connectivity index (χ1) is 10.2. The molecule has 1 atom stereocenters. The van der Waals surface area contributed by atoms with Crippen molar-refractivity contribution < 1.29 is 4.74 Å². The van der Waals surface area contributed by atoms with Gasteiger partial charge in [0.25, 0.3) is 0 Å². The number of aromatic nitrogens is 1. The number of ether oxygens (including phenoxy) is 1. The standard InChI is InChI=1S/C18H24N2O/c1-5-11-20-17(16-8-6-7-12-19-16)15-10-9-13(2)14(3)18(15)21-4/h6-10,12,17,20H,5,11H2,1-4H3. The van der Waals surface area contributed by atoms with Crippen molar-refractivity contribution in [2.45, 2.75) is 33.2 Å². The SMILES string of the molecule is CCCNC(c1ccccn1)c1ccc(C)c(C)c1OC. The Kier molecular flexibility index (Phi) is 5.34. The zero-order valence-electron chi connectivity index (χ0n) is 13.3. The number of rotatable bonds is 6. The number of aryl methyl sites for hydroxylation is 1. The number of nitrogens with one attached hydrogen (secondary N) is 1. The molecule has 1 unspecified atom stereocenters. The third-order valence-corrected chi connectivity index (χ3v) is 3.80. The molecule has 3 nitrogen and oxygen atoms in total. The third-order valence-electron chi connectivity index (χ3n) is 3.80. The van der Waals surface area contributed by atoms with Crippen molar-refractivity contribution in [3.05, 3.63) is 58.9 Å². The number of nitrogens with zero attached hydrogens (tertiary/aromatic N) is 1. The molecule has 0 aliphatic carbocycles. The summed E-state index contributed by atoms with van der Waals surface area (Å²) in [4.78, 5) is 4.52. The van der Waals surface area contributed by atoms with Gasteiger partial charge in [-0.05, 0) is 50.1 Å². The van der Waals surface area contributed by atoms with Crippen LogP contribution in [0.15, 0.2) is 36.5 Å². The van der Waals surface area contributed by atoms with Gasteiger partial charge in [0, 0.05) is 11.8 Å². The molecule has 0 saturated heterocycles. The summed E-state index contributed by atoms with van der Waals surface area (Å²) in [5, 5.41) is 3.58. The van der Waals surface area contributed by atoms with E-state index in [4.69, 9.17) is 4.74 Å². The summed E-state index contributed by atoms with van der Waals surface area (Å²) in [6, 6.07) is 10.4. The molecule has 1 heterocycles. The highest BCUT2D eigenvalue weighted by atomic mass is 16.5. The predicted octanol–water partition coefficient (Wildman–Crippen LogP) is 3.80. The monoisotopic (exact) mass is 284 g/mol. The van der Waals surface area contributed by atoms with Gasteiger partial charge in [0.15, 0.2) is 0 Å². The summed E-state index contributed by atoms with van der Waals surface area (Å²) in [7, 11) is 1.74. The van der Waals surface area contributed by atoms with Gasteiger partial charge in [-0.25, -0.2) is 0 Å². The first-order valence-corrected chi connectivity index (χ1v) is 7.47. The number of methoxy groups -OCH3 is 1. The first-order valence-electron chi connectivity index (χ1n) is 7.47. The van der Waals surface area contributed by atoms with E-state index in [2.05, 4.69) is 49.3 Å². The van der Waals surface area contributed by atoms with Crippen LogP contribution in [0.1, 0.15) is 41.8 Å².